The Labute approximate surface area is 142 Å². The molecule has 24 heavy (non-hydrogen) atoms. The molecule has 2 aromatic heterocycles. The number of nitrogens with one attached hydrogen (secondary N) is 1. The molecule has 3 heterocycles. The van der Waals surface area contributed by atoms with E-state index in [0.717, 1.165) is 23.4 Å². The van der Waals surface area contributed by atoms with E-state index in [0.29, 0.717) is 19.0 Å². The smallest absolute Gasteiger partial charge is 0.274 e. The third kappa shape index (κ3) is 2.82. The molecular weight excluding hydrogens is 324 g/mol. The minimum Gasteiger partial charge on any atom is -0.337 e. The number of amides is 1. The lowest BCUT2D eigenvalue weighted by Crippen LogP contribution is -2.38. The van der Waals surface area contributed by atoms with Crippen molar-refractivity contribution in [3.63, 3.8) is 0 Å². The predicted octanol–water partition coefficient (Wildman–Crippen LogP) is 2.40. The fourth-order valence-electron chi connectivity index (χ4n) is 3.02. The Morgan fingerprint density at radius 3 is 2.67 bits per heavy atom. The molecule has 0 saturated carbocycles. The Bertz CT molecular complexity index is 887. The number of piperidine rings is 1. The number of aromatic nitrogens is 3. The number of likely N-dealkylation sites (tertiary alicyclic amines) is 1. The summed E-state index contributed by atoms with van der Waals surface area (Å²) in [4.78, 5) is 30.0. The number of aromatic amines is 1. The average molecular weight is 340 g/mol. The SMILES string of the molecule is O=C(c1ccc(=O)[nH]n1)N1CCC(c2nc3ccccc3s2)CC1. The lowest BCUT2D eigenvalue weighted by Gasteiger charge is -2.30. The van der Waals surface area contributed by atoms with Gasteiger partial charge in [0.1, 0.15) is 5.69 Å². The highest BCUT2D eigenvalue weighted by molar-refractivity contribution is 7.18. The number of thiazole rings is 1. The summed E-state index contributed by atoms with van der Waals surface area (Å²) in [6, 6.07) is 11.0. The van der Waals surface area contributed by atoms with Crippen molar-refractivity contribution in [1.82, 2.24) is 20.1 Å². The van der Waals surface area contributed by atoms with Gasteiger partial charge in [-0.3, -0.25) is 9.59 Å². The summed E-state index contributed by atoms with van der Waals surface area (Å²) in [6.45, 7) is 1.36. The molecule has 6 nitrogen and oxygen atoms in total. The monoisotopic (exact) mass is 340 g/mol. The van der Waals surface area contributed by atoms with Gasteiger partial charge in [0.25, 0.3) is 11.5 Å². The molecule has 0 atom stereocenters. The Morgan fingerprint density at radius 2 is 1.96 bits per heavy atom. The molecule has 0 spiro atoms. The molecule has 4 rings (SSSR count). The number of rotatable bonds is 2. The van der Waals surface area contributed by atoms with E-state index < -0.39 is 0 Å². The molecule has 0 unspecified atom stereocenters. The van der Waals surface area contributed by atoms with Crippen LogP contribution in [0, 0.1) is 0 Å². The van der Waals surface area contributed by atoms with Crippen LogP contribution < -0.4 is 5.56 Å². The lowest BCUT2D eigenvalue weighted by molar-refractivity contribution is 0.0705. The Kier molecular flexibility index (Phi) is 3.86. The minimum atomic E-state index is -0.305. The average Bonchev–Trinajstić information content (AvgIpc) is 3.06. The highest BCUT2D eigenvalue weighted by Gasteiger charge is 2.27. The number of H-pyrrole nitrogens is 1. The molecule has 3 aromatic rings. The Balaban J connectivity index is 1.45. The van der Waals surface area contributed by atoms with Gasteiger partial charge in [-0.15, -0.1) is 11.3 Å². The maximum absolute atomic E-state index is 12.4. The maximum atomic E-state index is 12.4. The van der Waals surface area contributed by atoms with Crippen molar-refractivity contribution in [2.24, 2.45) is 0 Å². The molecule has 7 heteroatoms. The molecule has 0 aliphatic carbocycles. The summed E-state index contributed by atoms with van der Waals surface area (Å²) in [5.41, 5.74) is 1.03. The second kappa shape index (κ2) is 6.16. The largest absolute Gasteiger partial charge is 0.337 e. The van der Waals surface area contributed by atoms with Crippen molar-refractivity contribution in [2.75, 3.05) is 13.1 Å². The van der Waals surface area contributed by atoms with Gasteiger partial charge in [0.15, 0.2) is 0 Å². The van der Waals surface area contributed by atoms with Gasteiger partial charge in [-0.1, -0.05) is 12.1 Å². The summed E-state index contributed by atoms with van der Waals surface area (Å²) in [5.74, 6) is 0.268. The van der Waals surface area contributed by atoms with E-state index in [9.17, 15) is 9.59 Å². The molecule has 0 bridgehead atoms. The second-order valence-electron chi connectivity index (χ2n) is 5.89. The number of fused-ring (bicyclic) bond motifs is 1. The highest BCUT2D eigenvalue weighted by Crippen LogP contribution is 2.33. The maximum Gasteiger partial charge on any atom is 0.274 e. The van der Waals surface area contributed by atoms with Crippen LogP contribution in [0.5, 0.6) is 0 Å². The van der Waals surface area contributed by atoms with E-state index in [4.69, 9.17) is 4.98 Å². The van der Waals surface area contributed by atoms with Gasteiger partial charge in [-0.25, -0.2) is 10.1 Å². The van der Waals surface area contributed by atoms with Crippen LogP contribution in [0.3, 0.4) is 0 Å². The lowest BCUT2D eigenvalue weighted by atomic mass is 9.97. The molecule has 1 aromatic carbocycles. The quantitative estimate of drug-likeness (QED) is 0.777. The molecule has 0 radical (unpaired) electrons. The van der Waals surface area contributed by atoms with E-state index in [-0.39, 0.29) is 17.2 Å². The summed E-state index contributed by atoms with van der Waals surface area (Å²) >= 11 is 1.74. The van der Waals surface area contributed by atoms with Gasteiger partial charge < -0.3 is 4.90 Å². The van der Waals surface area contributed by atoms with Gasteiger partial charge in [-0.05, 0) is 31.0 Å². The van der Waals surface area contributed by atoms with Crippen LogP contribution in [0.1, 0.15) is 34.3 Å². The van der Waals surface area contributed by atoms with Crippen molar-refractivity contribution >= 4 is 27.5 Å². The van der Waals surface area contributed by atoms with Crippen molar-refractivity contribution in [1.29, 1.82) is 0 Å². The van der Waals surface area contributed by atoms with E-state index >= 15 is 0 Å². The van der Waals surface area contributed by atoms with E-state index in [1.165, 1.54) is 16.8 Å². The van der Waals surface area contributed by atoms with Crippen LogP contribution in [0.25, 0.3) is 10.2 Å². The van der Waals surface area contributed by atoms with Gasteiger partial charge in [0, 0.05) is 25.1 Å². The standard InChI is InChI=1S/C17H16N4O2S/c22-15-6-5-13(19-20-15)17(23)21-9-7-11(8-10-21)16-18-12-3-1-2-4-14(12)24-16/h1-6,11H,7-10H2,(H,20,22). The number of carbonyl (C=O) groups is 1. The first-order valence-electron chi connectivity index (χ1n) is 7.91. The first kappa shape index (κ1) is 15.0. The first-order valence-corrected chi connectivity index (χ1v) is 8.73. The van der Waals surface area contributed by atoms with Gasteiger partial charge in [-0.2, -0.15) is 5.10 Å². The Hall–Kier alpha value is -2.54. The molecule has 1 fully saturated rings. The summed E-state index contributed by atoms with van der Waals surface area (Å²) in [5, 5.41) is 7.29. The van der Waals surface area contributed by atoms with Crippen molar-refractivity contribution in [2.45, 2.75) is 18.8 Å². The molecule has 1 amide bonds. The van der Waals surface area contributed by atoms with Crippen LogP contribution >= 0.6 is 11.3 Å². The van der Waals surface area contributed by atoms with E-state index in [2.05, 4.69) is 16.3 Å². The number of para-hydroxylation sites is 1. The second-order valence-corrected chi connectivity index (χ2v) is 6.95. The van der Waals surface area contributed by atoms with Crippen molar-refractivity contribution in [3.8, 4) is 0 Å². The molecule has 1 N–H and O–H groups in total. The van der Waals surface area contributed by atoms with E-state index in [1.807, 2.05) is 18.2 Å². The predicted molar refractivity (Wildman–Crippen MR) is 92.4 cm³/mol. The van der Waals surface area contributed by atoms with Crippen LogP contribution in [0.15, 0.2) is 41.2 Å². The third-order valence-electron chi connectivity index (χ3n) is 4.34. The third-order valence-corrected chi connectivity index (χ3v) is 5.54. The number of hydrogen-bond acceptors (Lipinski definition) is 5. The summed E-state index contributed by atoms with van der Waals surface area (Å²) in [6.07, 6.45) is 1.80. The molecule has 1 aliphatic heterocycles. The highest BCUT2D eigenvalue weighted by atomic mass is 32.1. The van der Waals surface area contributed by atoms with Crippen LogP contribution in [-0.2, 0) is 0 Å². The Morgan fingerprint density at radius 1 is 1.17 bits per heavy atom. The molecule has 122 valence electrons. The topological polar surface area (TPSA) is 79.0 Å². The zero-order valence-corrected chi connectivity index (χ0v) is 13.8. The van der Waals surface area contributed by atoms with Crippen molar-refractivity contribution in [3.05, 3.63) is 57.5 Å². The number of hydrogen-bond donors (Lipinski definition) is 1. The fraction of sp³-hybridized carbons (Fsp3) is 0.294. The summed E-state index contributed by atoms with van der Waals surface area (Å²) in [7, 11) is 0. The van der Waals surface area contributed by atoms with E-state index in [1.54, 1.807) is 16.2 Å². The molecule has 1 aliphatic rings. The molecular formula is C17H16N4O2S. The fourth-order valence-corrected chi connectivity index (χ4v) is 4.16. The first-order chi connectivity index (χ1) is 11.7. The van der Waals surface area contributed by atoms with Crippen LogP contribution in [0.2, 0.25) is 0 Å². The van der Waals surface area contributed by atoms with Crippen LogP contribution in [0.4, 0.5) is 0 Å². The number of nitrogens with zero attached hydrogens (tertiary/aromatic N) is 3. The van der Waals surface area contributed by atoms with Gasteiger partial charge in [0.2, 0.25) is 0 Å². The van der Waals surface area contributed by atoms with Crippen molar-refractivity contribution < 1.29 is 4.79 Å². The number of carbonyl (C=O) groups excluding carboxylic acids is 1. The summed E-state index contributed by atoms with van der Waals surface area (Å²) < 4.78 is 1.21. The normalized spacial score (nSPS) is 15.8. The van der Waals surface area contributed by atoms with Crippen LogP contribution in [-0.4, -0.2) is 39.1 Å². The zero-order chi connectivity index (χ0) is 16.5. The minimum absolute atomic E-state index is 0.131. The van der Waals surface area contributed by atoms with Gasteiger partial charge in [0.05, 0.1) is 15.2 Å². The number of benzene rings is 1. The molecule has 1 saturated heterocycles. The van der Waals surface area contributed by atoms with Gasteiger partial charge >= 0.3 is 0 Å². The zero-order valence-electron chi connectivity index (χ0n) is 12.9.